The van der Waals surface area contributed by atoms with Crippen LogP contribution in [0.1, 0.15) is 26.3 Å². The topological polar surface area (TPSA) is 49.0 Å². The van der Waals surface area contributed by atoms with Crippen molar-refractivity contribution in [2.75, 3.05) is 0 Å². The molecule has 16 rings (SSSR count). The minimum atomic E-state index is -0.0366. The average molecular weight is 1050 g/mol. The summed E-state index contributed by atoms with van der Waals surface area (Å²) in [5.74, 6) is 2.31. The molecule has 388 valence electrons. The van der Waals surface area contributed by atoms with Gasteiger partial charge in [-0.15, -0.1) is 0 Å². The Balaban J connectivity index is 0.866. The first-order valence-corrected chi connectivity index (χ1v) is 28.0. The fraction of sp³-hybridized carbons (Fsp3) is 0.0526. The Morgan fingerprint density at radius 2 is 0.976 bits per heavy atom. The molecule has 4 aromatic heterocycles. The number of hydrogen-bond acceptors (Lipinski definition) is 3. The van der Waals surface area contributed by atoms with Gasteiger partial charge in [0.2, 0.25) is 0 Å². The van der Waals surface area contributed by atoms with E-state index >= 15 is 0 Å². The molecule has 0 radical (unpaired) electrons. The molecule has 0 unspecified atom stereocenters. The Bertz CT molecular complexity index is 5080. The molecule has 15 aromatic rings. The van der Waals surface area contributed by atoms with Crippen molar-refractivity contribution in [3.05, 3.63) is 273 Å². The number of furan rings is 1. The predicted molar refractivity (Wildman–Crippen MR) is 334 cm³/mol. The van der Waals surface area contributed by atoms with Crippen LogP contribution in [0.5, 0.6) is 11.5 Å². The third-order valence-corrected chi connectivity index (χ3v) is 16.6. The summed E-state index contributed by atoms with van der Waals surface area (Å²) in [5.41, 5.74) is 22.9. The summed E-state index contributed by atoms with van der Waals surface area (Å²) in [5, 5.41) is 4.46. The lowest BCUT2D eigenvalue weighted by Crippen LogP contribution is -2.31. The van der Waals surface area contributed by atoms with Gasteiger partial charge in [0.05, 0.1) is 33.4 Å². The highest BCUT2D eigenvalue weighted by Crippen LogP contribution is 2.49. The number of para-hydroxylation sites is 5. The second-order valence-electron chi connectivity index (χ2n) is 22.5. The van der Waals surface area contributed by atoms with Crippen molar-refractivity contribution >= 4 is 54.8 Å². The first kappa shape index (κ1) is 47.4. The first-order valence-electron chi connectivity index (χ1n) is 28.0. The fourth-order valence-electron chi connectivity index (χ4n) is 12.7. The molecule has 11 aromatic carbocycles. The van der Waals surface area contributed by atoms with Gasteiger partial charge < -0.3 is 9.15 Å². The van der Waals surface area contributed by atoms with Crippen molar-refractivity contribution in [1.82, 2.24) is 14.1 Å². The summed E-state index contributed by atoms with van der Waals surface area (Å²) >= 11 is 0. The van der Waals surface area contributed by atoms with Crippen molar-refractivity contribution in [3.63, 3.8) is 0 Å². The number of nitrogens with zero attached hydrogens (tertiary/aromatic N) is 4. The van der Waals surface area contributed by atoms with Gasteiger partial charge in [0.25, 0.3) is 6.33 Å². The lowest BCUT2D eigenvalue weighted by atomic mass is 9.80. The van der Waals surface area contributed by atoms with Crippen molar-refractivity contribution in [1.29, 1.82) is 0 Å². The van der Waals surface area contributed by atoms with Gasteiger partial charge in [-0.1, -0.05) is 197 Å². The van der Waals surface area contributed by atoms with Gasteiger partial charge >= 0.3 is 0 Å². The molecule has 1 aliphatic rings. The van der Waals surface area contributed by atoms with Crippen LogP contribution in [0.15, 0.2) is 265 Å². The number of pyridine rings is 1. The molecule has 0 bridgehead atoms. The fourth-order valence-corrected chi connectivity index (χ4v) is 12.7. The van der Waals surface area contributed by atoms with Crippen molar-refractivity contribution in [2.24, 2.45) is 0 Å². The SMILES string of the molecule is CC(C)(C)c1ccnc(-n2c3ccccc3c3ccc(Oc4cccc(-n5[c-][n+](-c6c(-c7ccc8c(c7)-c7ccccc7-c7ccccc7-c7ccccc7-8)cccc6-c6ccc7oc8ccccc8c7c6)c6ccccc65)c4)cc32)c1. The Labute approximate surface area is 474 Å². The van der Waals surface area contributed by atoms with Gasteiger partial charge in [-0.3, -0.25) is 13.7 Å². The van der Waals surface area contributed by atoms with Gasteiger partial charge in [0, 0.05) is 33.8 Å². The monoisotopic (exact) mass is 1050 g/mol. The van der Waals surface area contributed by atoms with Crippen LogP contribution in [0, 0.1) is 6.33 Å². The maximum absolute atomic E-state index is 6.88. The minimum Gasteiger partial charge on any atom is -0.458 e. The highest BCUT2D eigenvalue weighted by atomic mass is 16.5. The Morgan fingerprint density at radius 1 is 0.415 bits per heavy atom. The number of aromatic nitrogens is 4. The number of hydrogen-bond donors (Lipinski definition) is 0. The van der Waals surface area contributed by atoms with Crippen LogP contribution in [0.4, 0.5) is 0 Å². The largest absolute Gasteiger partial charge is 0.458 e. The Morgan fingerprint density at radius 3 is 1.71 bits per heavy atom. The van der Waals surface area contributed by atoms with Crippen LogP contribution in [0.3, 0.4) is 0 Å². The highest BCUT2D eigenvalue weighted by molar-refractivity contribution is 6.10. The Kier molecular flexibility index (Phi) is 10.7. The van der Waals surface area contributed by atoms with Gasteiger partial charge in [0.15, 0.2) is 0 Å². The molecule has 1 aliphatic carbocycles. The number of benzene rings is 11. The summed E-state index contributed by atoms with van der Waals surface area (Å²) in [6.07, 6.45) is 5.86. The molecule has 0 fully saturated rings. The zero-order chi connectivity index (χ0) is 54.6. The van der Waals surface area contributed by atoms with E-state index in [0.29, 0.717) is 5.75 Å². The normalized spacial score (nSPS) is 12.1. The van der Waals surface area contributed by atoms with Crippen molar-refractivity contribution in [3.8, 4) is 95.5 Å². The highest BCUT2D eigenvalue weighted by Gasteiger charge is 2.26. The molecule has 0 N–H and O–H groups in total. The molecule has 0 saturated carbocycles. The van der Waals surface area contributed by atoms with Crippen LogP contribution >= 0.6 is 0 Å². The predicted octanol–water partition coefficient (Wildman–Crippen LogP) is 19.5. The second kappa shape index (κ2) is 18.5. The number of ether oxygens (including phenoxy) is 1. The van der Waals surface area contributed by atoms with E-state index in [0.717, 1.165) is 100.0 Å². The Hall–Kier alpha value is -10.6. The van der Waals surface area contributed by atoms with Gasteiger partial charge in [0.1, 0.15) is 28.5 Å². The van der Waals surface area contributed by atoms with Crippen molar-refractivity contribution in [2.45, 2.75) is 26.2 Å². The molecule has 0 atom stereocenters. The molecule has 6 nitrogen and oxygen atoms in total. The molecule has 0 spiro atoms. The van der Waals surface area contributed by atoms with Crippen LogP contribution in [0.2, 0.25) is 0 Å². The second-order valence-corrected chi connectivity index (χ2v) is 22.5. The average Bonchev–Trinajstić information content (AvgIpc) is 4.35. The zero-order valence-electron chi connectivity index (χ0n) is 45.4. The van der Waals surface area contributed by atoms with Crippen LogP contribution in [0.25, 0.3) is 139 Å². The number of fused-ring (bicyclic) bond motifs is 15. The van der Waals surface area contributed by atoms with Gasteiger partial charge in [-0.2, -0.15) is 0 Å². The van der Waals surface area contributed by atoms with Crippen LogP contribution in [-0.4, -0.2) is 14.1 Å². The van der Waals surface area contributed by atoms with E-state index in [1.165, 1.54) is 50.1 Å². The van der Waals surface area contributed by atoms with E-state index in [2.05, 4.69) is 277 Å². The lowest BCUT2D eigenvalue weighted by molar-refractivity contribution is -0.571. The summed E-state index contributed by atoms with van der Waals surface area (Å²) in [6, 6.07) is 91.3. The molecule has 0 amide bonds. The molecular weight excluding hydrogens is 1000 g/mol. The zero-order valence-corrected chi connectivity index (χ0v) is 45.4. The summed E-state index contributed by atoms with van der Waals surface area (Å²) in [6.45, 7) is 6.72. The summed E-state index contributed by atoms with van der Waals surface area (Å²) in [4.78, 5) is 4.93. The molecule has 82 heavy (non-hydrogen) atoms. The summed E-state index contributed by atoms with van der Waals surface area (Å²) < 4.78 is 20.0. The van der Waals surface area contributed by atoms with Gasteiger partial charge in [-0.05, 0) is 151 Å². The van der Waals surface area contributed by atoms with E-state index < -0.39 is 0 Å². The first-order chi connectivity index (χ1) is 40.3. The third-order valence-electron chi connectivity index (χ3n) is 16.6. The quantitative estimate of drug-likeness (QED) is 0.118. The molecule has 0 saturated heterocycles. The number of imidazole rings is 1. The van der Waals surface area contributed by atoms with E-state index in [9.17, 15) is 0 Å². The molecule has 4 heterocycles. The maximum atomic E-state index is 6.88. The minimum absolute atomic E-state index is 0.0366. The molecular formula is C76H52N4O2. The van der Waals surface area contributed by atoms with Crippen LogP contribution in [-0.2, 0) is 5.41 Å². The summed E-state index contributed by atoms with van der Waals surface area (Å²) in [7, 11) is 0. The molecule has 0 aliphatic heterocycles. The van der Waals surface area contributed by atoms with E-state index in [4.69, 9.17) is 14.1 Å². The molecule has 6 heteroatoms. The van der Waals surface area contributed by atoms with Crippen LogP contribution < -0.4 is 9.30 Å². The van der Waals surface area contributed by atoms with Gasteiger partial charge in [-0.25, -0.2) is 4.98 Å². The standard InChI is InChI=1S/C76H52N4O2/c1-76(2,3)50-40-41-77-74(44-50)80-68-30-12-10-26-63(68)64-38-36-53(46-71(64)80)81-52-19-16-18-51(45-52)78-47-79(70-32-14-13-31-69(70)78)75-54(28-17-29-55(75)49-35-39-73-67(43-49)65-27-11-15-33-72(65)82-73)48-34-37-62-60-24-7-6-22-58(60)56-20-4-5-21-57(56)59-23-8-9-25-61(59)66(62)42-48/h4-46H,1-3H3. The van der Waals surface area contributed by atoms with E-state index in [1.54, 1.807) is 0 Å². The third kappa shape index (κ3) is 7.63. The maximum Gasteiger partial charge on any atom is 0.269 e. The van der Waals surface area contributed by atoms with Crippen molar-refractivity contribution < 1.29 is 13.7 Å². The lowest BCUT2D eigenvalue weighted by Gasteiger charge is -2.24. The van der Waals surface area contributed by atoms with E-state index in [-0.39, 0.29) is 5.41 Å². The van der Waals surface area contributed by atoms with E-state index in [1.807, 2.05) is 24.4 Å². The number of rotatable bonds is 7. The smallest absolute Gasteiger partial charge is 0.269 e.